The average molecular weight is 115 g/mol. The first-order valence-electron chi connectivity index (χ1n) is 2.65. The second kappa shape index (κ2) is 2.44. The van der Waals surface area contributed by atoms with Gasteiger partial charge in [-0.05, 0) is 7.05 Å². The summed E-state index contributed by atoms with van der Waals surface area (Å²) < 4.78 is 5.00. The van der Waals surface area contributed by atoms with E-state index in [9.17, 15) is 0 Å². The lowest BCUT2D eigenvalue weighted by Gasteiger charge is -2.05. The minimum atomic E-state index is 0.194. The molecule has 1 heterocycles. The molecule has 0 aliphatic carbocycles. The van der Waals surface area contributed by atoms with Crippen LogP contribution in [0.2, 0.25) is 0 Å². The third-order valence-corrected chi connectivity index (χ3v) is 1.22. The summed E-state index contributed by atoms with van der Waals surface area (Å²) in [6, 6.07) is 0. The van der Waals surface area contributed by atoms with Crippen molar-refractivity contribution in [3.05, 3.63) is 6.67 Å². The average Bonchev–Trinajstić information content (AvgIpc) is 2.14. The fourth-order valence-corrected chi connectivity index (χ4v) is 0.720. The summed E-state index contributed by atoms with van der Waals surface area (Å²) >= 11 is 0. The predicted molar refractivity (Wildman–Crippen MR) is 30.9 cm³/mol. The third-order valence-electron chi connectivity index (χ3n) is 1.22. The zero-order valence-corrected chi connectivity index (χ0v) is 5.22. The van der Waals surface area contributed by atoms with Gasteiger partial charge in [-0.2, -0.15) is 0 Å². The largest absolute Gasteiger partial charge is 0.365 e. The molecule has 1 unspecified atom stereocenters. The monoisotopic (exact) mass is 115 g/mol. The third kappa shape index (κ3) is 1.18. The van der Waals surface area contributed by atoms with Crippen LogP contribution >= 0.6 is 0 Å². The first-order chi connectivity index (χ1) is 3.83. The van der Waals surface area contributed by atoms with Gasteiger partial charge in [-0.15, -0.1) is 0 Å². The summed E-state index contributed by atoms with van der Waals surface area (Å²) in [5, 5.41) is 3.03. The van der Waals surface area contributed by atoms with Crippen LogP contribution in [0.4, 0.5) is 0 Å². The van der Waals surface area contributed by atoms with Crippen LogP contribution in [0.3, 0.4) is 0 Å². The molecular formula is C5H11N2O. The molecule has 3 heteroatoms. The number of ether oxygens (including phenoxy) is 1. The zero-order chi connectivity index (χ0) is 5.98. The molecule has 0 saturated carbocycles. The van der Waals surface area contributed by atoms with Gasteiger partial charge in [0.1, 0.15) is 6.23 Å². The van der Waals surface area contributed by atoms with Crippen molar-refractivity contribution in [3.63, 3.8) is 0 Å². The first kappa shape index (κ1) is 6.01. The highest BCUT2D eigenvalue weighted by atomic mass is 16.5. The molecule has 3 nitrogen and oxygen atoms in total. The fraction of sp³-hybridized carbons (Fsp3) is 0.800. The molecule has 0 spiro atoms. The van der Waals surface area contributed by atoms with Crippen molar-refractivity contribution in [1.82, 2.24) is 10.2 Å². The standard InChI is InChI=1S/C5H11N2O/c1-7-3-5(8-2)6-4-7/h4-6H,3H2,1-2H3. The number of rotatable bonds is 1. The second-order valence-electron chi connectivity index (χ2n) is 1.96. The smallest absolute Gasteiger partial charge is 0.121 e. The van der Waals surface area contributed by atoms with Crippen molar-refractivity contribution in [1.29, 1.82) is 0 Å². The molecule has 1 rings (SSSR count). The topological polar surface area (TPSA) is 24.5 Å². The van der Waals surface area contributed by atoms with Gasteiger partial charge in [0.25, 0.3) is 0 Å². The normalized spacial score (nSPS) is 31.5. The lowest BCUT2D eigenvalue weighted by atomic mass is 10.6. The zero-order valence-electron chi connectivity index (χ0n) is 5.22. The van der Waals surface area contributed by atoms with E-state index in [2.05, 4.69) is 5.32 Å². The van der Waals surface area contributed by atoms with E-state index >= 15 is 0 Å². The van der Waals surface area contributed by atoms with Gasteiger partial charge in [0, 0.05) is 13.7 Å². The van der Waals surface area contributed by atoms with Gasteiger partial charge in [-0.25, -0.2) is 0 Å². The minimum Gasteiger partial charge on any atom is -0.365 e. The Morgan fingerprint density at radius 3 is 2.88 bits per heavy atom. The quantitative estimate of drug-likeness (QED) is 0.504. The van der Waals surface area contributed by atoms with Crippen LogP contribution in [-0.4, -0.2) is 31.8 Å². The van der Waals surface area contributed by atoms with Crippen LogP contribution in [0.15, 0.2) is 0 Å². The molecule has 1 fully saturated rings. The Labute approximate surface area is 49.6 Å². The van der Waals surface area contributed by atoms with Crippen LogP contribution in [0, 0.1) is 6.67 Å². The number of nitrogens with zero attached hydrogens (tertiary/aromatic N) is 1. The van der Waals surface area contributed by atoms with Crippen LogP contribution in [0.25, 0.3) is 0 Å². The SMILES string of the molecule is COC1CN(C)[CH]N1. The molecule has 47 valence electrons. The molecule has 1 N–H and O–H groups in total. The van der Waals surface area contributed by atoms with Gasteiger partial charge in [-0.3, -0.25) is 10.2 Å². The van der Waals surface area contributed by atoms with E-state index in [1.54, 1.807) is 7.11 Å². The fourth-order valence-electron chi connectivity index (χ4n) is 0.720. The molecule has 1 atom stereocenters. The van der Waals surface area contributed by atoms with E-state index in [0.717, 1.165) is 6.54 Å². The van der Waals surface area contributed by atoms with Gasteiger partial charge in [0.15, 0.2) is 0 Å². The van der Waals surface area contributed by atoms with Gasteiger partial charge in [0.05, 0.1) is 6.67 Å². The summed E-state index contributed by atoms with van der Waals surface area (Å²) in [5.74, 6) is 0. The van der Waals surface area contributed by atoms with E-state index in [-0.39, 0.29) is 6.23 Å². The van der Waals surface area contributed by atoms with Gasteiger partial charge >= 0.3 is 0 Å². The molecule has 0 aromatic heterocycles. The first-order valence-corrected chi connectivity index (χ1v) is 2.65. The van der Waals surface area contributed by atoms with E-state index < -0.39 is 0 Å². The molecule has 0 amide bonds. The summed E-state index contributed by atoms with van der Waals surface area (Å²) in [7, 11) is 3.71. The van der Waals surface area contributed by atoms with Crippen LogP contribution < -0.4 is 5.32 Å². The highest BCUT2D eigenvalue weighted by Gasteiger charge is 2.16. The maximum absolute atomic E-state index is 5.00. The number of likely N-dealkylation sites (N-methyl/N-ethyl adjacent to an activating group) is 1. The van der Waals surface area contributed by atoms with Crippen molar-refractivity contribution in [2.24, 2.45) is 0 Å². The molecule has 1 radical (unpaired) electrons. The van der Waals surface area contributed by atoms with Crippen molar-refractivity contribution in [3.8, 4) is 0 Å². The Balaban J connectivity index is 2.22. The Kier molecular flexibility index (Phi) is 1.83. The second-order valence-corrected chi connectivity index (χ2v) is 1.96. The lowest BCUT2D eigenvalue weighted by Crippen LogP contribution is -2.24. The number of hydrogen-bond acceptors (Lipinski definition) is 3. The van der Waals surface area contributed by atoms with Crippen LogP contribution in [0.5, 0.6) is 0 Å². The van der Waals surface area contributed by atoms with Crippen LogP contribution in [0.1, 0.15) is 0 Å². The molecule has 8 heavy (non-hydrogen) atoms. The molecule has 1 aliphatic heterocycles. The van der Waals surface area contributed by atoms with Crippen molar-refractivity contribution >= 4 is 0 Å². The van der Waals surface area contributed by atoms with Gasteiger partial charge < -0.3 is 4.74 Å². The number of methoxy groups -OCH3 is 1. The molecule has 1 aliphatic rings. The molecule has 0 bridgehead atoms. The Morgan fingerprint density at radius 2 is 2.62 bits per heavy atom. The number of nitrogens with one attached hydrogen (secondary N) is 1. The summed E-state index contributed by atoms with van der Waals surface area (Å²) in [5.41, 5.74) is 0. The van der Waals surface area contributed by atoms with Gasteiger partial charge in [0.2, 0.25) is 0 Å². The molecule has 0 aromatic carbocycles. The van der Waals surface area contributed by atoms with Crippen molar-refractivity contribution in [2.75, 3.05) is 20.7 Å². The van der Waals surface area contributed by atoms with Crippen molar-refractivity contribution in [2.45, 2.75) is 6.23 Å². The number of hydrogen-bond donors (Lipinski definition) is 1. The van der Waals surface area contributed by atoms with Crippen LogP contribution in [-0.2, 0) is 4.74 Å². The highest BCUT2D eigenvalue weighted by Crippen LogP contribution is 1.99. The van der Waals surface area contributed by atoms with E-state index in [1.165, 1.54) is 0 Å². The van der Waals surface area contributed by atoms with E-state index in [1.807, 2.05) is 18.6 Å². The maximum atomic E-state index is 5.00. The summed E-state index contributed by atoms with van der Waals surface area (Å²) in [6.07, 6.45) is 0.194. The van der Waals surface area contributed by atoms with E-state index in [0.29, 0.717) is 0 Å². The van der Waals surface area contributed by atoms with Gasteiger partial charge in [-0.1, -0.05) is 0 Å². The molecule has 1 saturated heterocycles. The Hall–Kier alpha value is -0.120. The Morgan fingerprint density at radius 1 is 1.88 bits per heavy atom. The van der Waals surface area contributed by atoms with Crippen molar-refractivity contribution < 1.29 is 4.74 Å². The summed E-state index contributed by atoms with van der Waals surface area (Å²) in [6.45, 7) is 2.85. The lowest BCUT2D eigenvalue weighted by molar-refractivity contribution is 0.0958. The summed E-state index contributed by atoms with van der Waals surface area (Å²) in [4.78, 5) is 2.05. The minimum absolute atomic E-state index is 0.194. The molecule has 0 aromatic rings. The maximum Gasteiger partial charge on any atom is 0.121 e. The predicted octanol–water partition coefficient (Wildman–Crippen LogP) is -0.387. The van der Waals surface area contributed by atoms with E-state index in [4.69, 9.17) is 4.74 Å². The Bertz CT molecular complexity index is 76.8. The molecular weight excluding hydrogens is 104 g/mol. The highest BCUT2D eigenvalue weighted by molar-refractivity contribution is 4.76.